The Morgan fingerprint density at radius 3 is 2.38 bits per heavy atom. The van der Waals surface area contributed by atoms with Gasteiger partial charge in [0.05, 0.1) is 0 Å². The maximum Gasteiger partial charge on any atom is 0.134 e. The highest BCUT2D eigenvalue weighted by Gasteiger charge is 2.04. The summed E-state index contributed by atoms with van der Waals surface area (Å²) in [5.74, 6) is 1.44. The molecule has 29 heavy (non-hydrogen) atoms. The number of anilines is 4. The molecule has 2 heterocycles. The molecule has 4 rings (SSSR count). The van der Waals surface area contributed by atoms with Gasteiger partial charge in [-0.05, 0) is 35.4 Å². The van der Waals surface area contributed by atoms with Crippen LogP contribution in [-0.2, 0) is 6.42 Å². The number of nitrogens with two attached hydrogens (primary N) is 1. The Kier molecular flexibility index (Phi) is 5.67. The molecule has 0 unspecified atom stereocenters. The summed E-state index contributed by atoms with van der Waals surface area (Å²) in [6.07, 6.45) is 2.62. The molecule has 0 fully saturated rings. The third-order valence-electron chi connectivity index (χ3n) is 4.50. The number of hydrogen-bond donors (Lipinski definition) is 3. The number of hydrogen-bond acceptors (Lipinski definition) is 5. The first-order valence-corrected chi connectivity index (χ1v) is 9.60. The van der Waals surface area contributed by atoms with Gasteiger partial charge < -0.3 is 16.4 Å². The van der Waals surface area contributed by atoms with Crippen LogP contribution in [0.1, 0.15) is 5.69 Å². The predicted octanol–water partition coefficient (Wildman–Crippen LogP) is 5.12. The molecule has 0 atom stereocenters. The normalized spacial score (nSPS) is 10.5. The van der Waals surface area contributed by atoms with Gasteiger partial charge >= 0.3 is 0 Å². The van der Waals surface area contributed by atoms with Crippen molar-refractivity contribution in [3.8, 4) is 11.1 Å². The lowest BCUT2D eigenvalue weighted by atomic mass is 10.1. The molecule has 0 saturated carbocycles. The second kappa shape index (κ2) is 8.89. The van der Waals surface area contributed by atoms with Crippen molar-refractivity contribution in [1.29, 1.82) is 0 Å². The maximum absolute atomic E-state index is 6.08. The van der Waals surface area contributed by atoms with E-state index in [0.717, 1.165) is 35.7 Å². The van der Waals surface area contributed by atoms with Crippen molar-refractivity contribution >= 4 is 23.0 Å². The van der Waals surface area contributed by atoms with E-state index >= 15 is 0 Å². The first kappa shape index (κ1) is 18.5. The molecule has 0 radical (unpaired) electrons. The summed E-state index contributed by atoms with van der Waals surface area (Å²) in [7, 11) is 0. The number of nitrogen functional groups attached to an aromatic ring is 1. The smallest absolute Gasteiger partial charge is 0.134 e. The molecule has 0 amide bonds. The fourth-order valence-electron chi connectivity index (χ4n) is 3.13. The van der Waals surface area contributed by atoms with Gasteiger partial charge in [-0.3, -0.25) is 4.98 Å². The van der Waals surface area contributed by atoms with E-state index in [-0.39, 0.29) is 0 Å². The summed E-state index contributed by atoms with van der Waals surface area (Å²) >= 11 is 0. The summed E-state index contributed by atoms with van der Waals surface area (Å²) in [6, 6.07) is 28.1. The van der Waals surface area contributed by atoms with E-state index < -0.39 is 0 Å². The molecule has 0 aliphatic heterocycles. The van der Waals surface area contributed by atoms with Crippen LogP contribution in [0, 0.1) is 0 Å². The zero-order valence-corrected chi connectivity index (χ0v) is 16.0. The number of benzene rings is 2. The number of rotatable bonds is 7. The highest BCUT2D eigenvalue weighted by molar-refractivity contribution is 5.71. The van der Waals surface area contributed by atoms with Crippen molar-refractivity contribution < 1.29 is 0 Å². The second-order valence-corrected chi connectivity index (χ2v) is 6.74. The molecule has 0 bridgehead atoms. The lowest BCUT2D eigenvalue weighted by Crippen LogP contribution is -2.08. The van der Waals surface area contributed by atoms with Gasteiger partial charge in [0.2, 0.25) is 0 Å². The molecule has 5 heteroatoms. The Hall–Kier alpha value is -3.86. The second-order valence-electron chi connectivity index (χ2n) is 6.74. The van der Waals surface area contributed by atoms with Crippen LogP contribution in [0.5, 0.6) is 0 Å². The van der Waals surface area contributed by atoms with Crippen molar-refractivity contribution in [3.63, 3.8) is 0 Å². The van der Waals surface area contributed by atoms with Crippen LogP contribution in [-0.4, -0.2) is 16.5 Å². The van der Waals surface area contributed by atoms with Crippen LogP contribution in [0.25, 0.3) is 11.1 Å². The highest BCUT2D eigenvalue weighted by atomic mass is 15.1. The van der Waals surface area contributed by atoms with Crippen molar-refractivity contribution in [2.45, 2.75) is 6.42 Å². The molecular weight excluding hydrogens is 358 g/mol. The van der Waals surface area contributed by atoms with E-state index in [1.165, 1.54) is 5.56 Å². The van der Waals surface area contributed by atoms with Gasteiger partial charge in [0, 0.05) is 48.4 Å². The minimum atomic E-state index is 0.655. The predicted molar refractivity (Wildman–Crippen MR) is 120 cm³/mol. The minimum absolute atomic E-state index is 0.655. The monoisotopic (exact) mass is 381 g/mol. The molecule has 4 N–H and O–H groups in total. The van der Waals surface area contributed by atoms with E-state index in [9.17, 15) is 0 Å². The highest BCUT2D eigenvalue weighted by Crippen LogP contribution is 2.25. The van der Waals surface area contributed by atoms with Crippen LogP contribution >= 0.6 is 0 Å². The zero-order chi connectivity index (χ0) is 19.9. The van der Waals surface area contributed by atoms with Gasteiger partial charge in [0.15, 0.2) is 0 Å². The SMILES string of the molecule is Nc1cc(NCCc2ccccn2)nc(Nc2cccc(-c3ccccc3)c2)c1. The van der Waals surface area contributed by atoms with Gasteiger partial charge in [0.1, 0.15) is 11.6 Å². The van der Waals surface area contributed by atoms with Crippen molar-refractivity contribution in [3.05, 3.63) is 96.8 Å². The van der Waals surface area contributed by atoms with E-state index in [1.54, 1.807) is 6.20 Å². The summed E-state index contributed by atoms with van der Waals surface area (Å²) in [5.41, 5.74) is 11.1. The topological polar surface area (TPSA) is 75.9 Å². The van der Waals surface area contributed by atoms with Gasteiger partial charge in [0.25, 0.3) is 0 Å². The standard InChI is InChI=1S/C24H23N5/c25-20-16-23(27-14-12-21-10-4-5-13-26-21)29-24(17-20)28-22-11-6-9-19(15-22)18-7-2-1-3-8-18/h1-11,13,15-17H,12,14H2,(H4,25,27,28,29). The maximum atomic E-state index is 6.08. The molecular formula is C24H23N5. The average Bonchev–Trinajstić information content (AvgIpc) is 2.75. The number of nitrogens with zero attached hydrogens (tertiary/aromatic N) is 2. The van der Waals surface area contributed by atoms with Crippen molar-refractivity contribution in [2.24, 2.45) is 0 Å². The van der Waals surface area contributed by atoms with Crippen LogP contribution in [0.4, 0.5) is 23.0 Å². The summed E-state index contributed by atoms with van der Waals surface area (Å²) in [5, 5.41) is 6.69. The Labute approximate surface area is 170 Å². The summed E-state index contributed by atoms with van der Waals surface area (Å²) in [6.45, 7) is 0.733. The first-order chi connectivity index (χ1) is 14.3. The van der Waals surface area contributed by atoms with Crippen LogP contribution in [0.2, 0.25) is 0 Å². The van der Waals surface area contributed by atoms with Crippen LogP contribution in [0.3, 0.4) is 0 Å². The zero-order valence-electron chi connectivity index (χ0n) is 16.0. The number of nitrogens with one attached hydrogen (secondary N) is 2. The molecule has 2 aromatic carbocycles. The molecule has 5 nitrogen and oxygen atoms in total. The third-order valence-corrected chi connectivity index (χ3v) is 4.50. The van der Waals surface area contributed by atoms with Gasteiger partial charge in [-0.2, -0.15) is 0 Å². The van der Waals surface area contributed by atoms with Crippen LogP contribution in [0.15, 0.2) is 91.1 Å². The molecule has 4 aromatic rings. The number of pyridine rings is 2. The summed E-state index contributed by atoms with van der Waals surface area (Å²) in [4.78, 5) is 8.98. The Bertz CT molecular complexity index is 1060. The Morgan fingerprint density at radius 1 is 0.759 bits per heavy atom. The Morgan fingerprint density at radius 2 is 1.55 bits per heavy atom. The largest absolute Gasteiger partial charge is 0.399 e. The number of aromatic nitrogens is 2. The fraction of sp³-hybridized carbons (Fsp3) is 0.0833. The quantitative estimate of drug-likeness (QED) is 0.414. The van der Waals surface area contributed by atoms with Crippen LogP contribution < -0.4 is 16.4 Å². The molecule has 0 spiro atoms. The van der Waals surface area contributed by atoms with Gasteiger partial charge in [-0.25, -0.2) is 4.98 Å². The van der Waals surface area contributed by atoms with Crippen molar-refractivity contribution in [2.75, 3.05) is 22.9 Å². The Balaban J connectivity index is 1.45. The lowest BCUT2D eigenvalue weighted by molar-refractivity contribution is 0.954. The van der Waals surface area contributed by atoms with Gasteiger partial charge in [-0.1, -0.05) is 48.5 Å². The van der Waals surface area contributed by atoms with Crippen molar-refractivity contribution in [1.82, 2.24) is 9.97 Å². The molecule has 144 valence electrons. The third kappa shape index (κ3) is 5.11. The van der Waals surface area contributed by atoms with E-state index in [0.29, 0.717) is 11.5 Å². The average molecular weight is 381 g/mol. The van der Waals surface area contributed by atoms with E-state index in [2.05, 4.69) is 44.9 Å². The first-order valence-electron chi connectivity index (χ1n) is 9.60. The fourth-order valence-corrected chi connectivity index (χ4v) is 3.13. The van der Waals surface area contributed by atoms with Gasteiger partial charge in [-0.15, -0.1) is 0 Å². The molecule has 0 saturated heterocycles. The molecule has 0 aliphatic carbocycles. The van der Waals surface area contributed by atoms with E-state index in [4.69, 9.17) is 5.73 Å². The van der Waals surface area contributed by atoms with E-state index in [1.807, 2.05) is 60.7 Å². The molecule has 2 aromatic heterocycles. The summed E-state index contributed by atoms with van der Waals surface area (Å²) < 4.78 is 0. The minimum Gasteiger partial charge on any atom is -0.399 e. The lowest BCUT2D eigenvalue weighted by Gasteiger charge is -2.12. The molecule has 0 aliphatic rings.